The van der Waals surface area contributed by atoms with Gasteiger partial charge in [0.05, 0.1) is 5.69 Å². The summed E-state index contributed by atoms with van der Waals surface area (Å²) in [5, 5.41) is 9.37. The summed E-state index contributed by atoms with van der Waals surface area (Å²) in [7, 11) is 0. The molecular formula is C16H24N4O2S. The van der Waals surface area contributed by atoms with Crippen molar-refractivity contribution < 1.29 is 9.32 Å². The molecule has 0 saturated heterocycles. The number of amides is 1. The van der Waals surface area contributed by atoms with Crippen molar-refractivity contribution in [3.05, 3.63) is 22.8 Å². The van der Waals surface area contributed by atoms with Crippen molar-refractivity contribution in [2.75, 3.05) is 5.32 Å². The molecule has 0 aliphatic carbocycles. The van der Waals surface area contributed by atoms with Crippen molar-refractivity contribution >= 4 is 22.4 Å². The van der Waals surface area contributed by atoms with E-state index in [4.69, 9.17) is 4.52 Å². The van der Waals surface area contributed by atoms with Crippen molar-refractivity contribution in [2.45, 2.75) is 65.2 Å². The van der Waals surface area contributed by atoms with Crippen LogP contribution < -0.4 is 5.32 Å². The van der Waals surface area contributed by atoms with Crippen LogP contribution in [0.3, 0.4) is 0 Å². The molecular weight excluding hydrogens is 312 g/mol. The summed E-state index contributed by atoms with van der Waals surface area (Å²) in [6.45, 7) is 12.3. The minimum atomic E-state index is -0.158. The molecule has 0 radical (unpaired) electrons. The first kappa shape index (κ1) is 17.6. The van der Waals surface area contributed by atoms with E-state index >= 15 is 0 Å². The van der Waals surface area contributed by atoms with E-state index in [9.17, 15) is 4.79 Å². The van der Waals surface area contributed by atoms with Crippen LogP contribution in [0.2, 0.25) is 0 Å². The van der Waals surface area contributed by atoms with Gasteiger partial charge in [0.1, 0.15) is 0 Å². The van der Waals surface area contributed by atoms with Gasteiger partial charge >= 0.3 is 0 Å². The van der Waals surface area contributed by atoms with Crippen LogP contribution in [0.1, 0.15) is 65.4 Å². The molecule has 2 heterocycles. The maximum absolute atomic E-state index is 12.0. The number of hydrogen-bond donors (Lipinski definition) is 1. The number of thiazole rings is 1. The largest absolute Gasteiger partial charge is 0.339 e. The van der Waals surface area contributed by atoms with E-state index in [1.54, 1.807) is 0 Å². The Kier molecular flexibility index (Phi) is 4.89. The Labute approximate surface area is 140 Å². The van der Waals surface area contributed by atoms with Crippen molar-refractivity contribution in [1.82, 2.24) is 15.1 Å². The summed E-state index contributed by atoms with van der Waals surface area (Å²) in [5.41, 5.74) is 0.797. The van der Waals surface area contributed by atoms with Gasteiger partial charge in [-0.1, -0.05) is 46.7 Å². The summed E-state index contributed by atoms with van der Waals surface area (Å²) in [5.74, 6) is 1.04. The summed E-state index contributed by atoms with van der Waals surface area (Å²) in [4.78, 5) is 20.8. The van der Waals surface area contributed by atoms with Crippen LogP contribution in [-0.2, 0) is 22.0 Å². The fraction of sp³-hybridized carbons (Fsp3) is 0.625. The minimum absolute atomic E-state index is 0.0212. The number of carbonyl (C=O) groups is 1. The van der Waals surface area contributed by atoms with Crippen molar-refractivity contribution in [3.63, 3.8) is 0 Å². The predicted molar refractivity (Wildman–Crippen MR) is 90.8 cm³/mol. The Morgan fingerprint density at radius 1 is 1.17 bits per heavy atom. The number of aromatic nitrogens is 3. The third kappa shape index (κ3) is 4.86. The number of nitrogens with one attached hydrogen (secondary N) is 1. The average Bonchev–Trinajstić information content (AvgIpc) is 3.03. The Morgan fingerprint density at radius 3 is 2.39 bits per heavy atom. The first-order valence-corrected chi connectivity index (χ1v) is 8.52. The zero-order valence-corrected chi connectivity index (χ0v) is 15.4. The van der Waals surface area contributed by atoms with Crippen LogP contribution in [-0.4, -0.2) is 21.0 Å². The Balaban J connectivity index is 1.88. The van der Waals surface area contributed by atoms with E-state index in [0.717, 1.165) is 5.69 Å². The minimum Gasteiger partial charge on any atom is -0.339 e. The van der Waals surface area contributed by atoms with Gasteiger partial charge in [-0.25, -0.2) is 4.98 Å². The fourth-order valence-electron chi connectivity index (χ4n) is 1.74. The number of hydrogen-bond acceptors (Lipinski definition) is 6. The Bertz CT molecular complexity index is 677. The molecule has 0 fully saturated rings. The summed E-state index contributed by atoms with van der Waals surface area (Å²) >= 11 is 1.44. The number of carbonyl (C=O) groups excluding carboxylic acids is 1. The van der Waals surface area contributed by atoms with Crippen LogP contribution in [0.5, 0.6) is 0 Å². The lowest BCUT2D eigenvalue weighted by Crippen LogP contribution is -2.15. The van der Waals surface area contributed by atoms with Gasteiger partial charge in [-0.15, -0.1) is 11.3 Å². The van der Waals surface area contributed by atoms with Crippen LogP contribution in [0, 0.1) is 0 Å². The van der Waals surface area contributed by atoms with Gasteiger partial charge in [-0.3, -0.25) is 4.79 Å². The Hall–Kier alpha value is -1.76. The molecule has 6 nitrogen and oxygen atoms in total. The molecule has 0 bridgehead atoms. The van der Waals surface area contributed by atoms with Gasteiger partial charge in [-0.2, -0.15) is 4.98 Å². The molecule has 0 saturated carbocycles. The second kappa shape index (κ2) is 6.39. The molecule has 0 spiro atoms. The molecule has 2 rings (SSSR count). The summed E-state index contributed by atoms with van der Waals surface area (Å²) in [6, 6.07) is 0. The normalized spacial score (nSPS) is 12.4. The molecule has 0 unspecified atom stereocenters. The molecule has 126 valence electrons. The van der Waals surface area contributed by atoms with E-state index in [-0.39, 0.29) is 23.2 Å². The summed E-state index contributed by atoms with van der Waals surface area (Å²) < 4.78 is 5.19. The van der Waals surface area contributed by atoms with E-state index in [1.165, 1.54) is 11.3 Å². The first-order valence-electron chi connectivity index (χ1n) is 7.64. The molecule has 7 heteroatoms. The molecule has 0 aliphatic heterocycles. The van der Waals surface area contributed by atoms with E-state index in [0.29, 0.717) is 23.3 Å². The fourth-order valence-corrected chi connectivity index (χ4v) is 2.69. The van der Waals surface area contributed by atoms with Gasteiger partial charge in [0.25, 0.3) is 0 Å². The molecule has 0 aliphatic rings. The van der Waals surface area contributed by atoms with Crippen LogP contribution in [0.4, 0.5) is 5.13 Å². The number of anilines is 1. The monoisotopic (exact) mass is 336 g/mol. The van der Waals surface area contributed by atoms with Crippen LogP contribution in [0.25, 0.3) is 0 Å². The second-order valence-electron chi connectivity index (χ2n) is 7.60. The SMILES string of the molecule is CC(C)(C)c1csc(NC(=O)CCc2nc(C(C)(C)C)no2)n1. The zero-order chi connectivity index (χ0) is 17.3. The number of nitrogens with zero attached hydrogens (tertiary/aromatic N) is 3. The van der Waals surface area contributed by atoms with Crippen LogP contribution in [0.15, 0.2) is 9.90 Å². The predicted octanol–water partition coefficient (Wildman–Crippen LogP) is 3.69. The Morgan fingerprint density at radius 2 is 1.87 bits per heavy atom. The van der Waals surface area contributed by atoms with E-state index in [2.05, 4.69) is 41.2 Å². The van der Waals surface area contributed by atoms with Crippen molar-refractivity contribution in [3.8, 4) is 0 Å². The molecule has 23 heavy (non-hydrogen) atoms. The molecule has 1 amide bonds. The number of aryl methyl sites for hydroxylation is 1. The molecule has 2 aromatic heterocycles. The lowest BCUT2D eigenvalue weighted by molar-refractivity contribution is -0.116. The maximum atomic E-state index is 12.0. The highest BCUT2D eigenvalue weighted by molar-refractivity contribution is 7.13. The number of rotatable bonds is 4. The lowest BCUT2D eigenvalue weighted by atomic mass is 9.93. The van der Waals surface area contributed by atoms with Gasteiger partial charge in [0.15, 0.2) is 11.0 Å². The third-order valence-corrected chi connectivity index (χ3v) is 3.98. The van der Waals surface area contributed by atoms with Gasteiger partial charge in [0.2, 0.25) is 11.8 Å². The second-order valence-corrected chi connectivity index (χ2v) is 8.46. The van der Waals surface area contributed by atoms with Gasteiger partial charge in [-0.05, 0) is 0 Å². The van der Waals surface area contributed by atoms with E-state index in [1.807, 2.05) is 26.2 Å². The average molecular weight is 336 g/mol. The summed E-state index contributed by atoms with van der Waals surface area (Å²) in [6.07, 6.45) is 0.711. The molecule has 1 N–H and O–H groups in total. The van der Waals surface area contributed by atoms with Gasteiger partial charge < -0.3 is 9.84 Å². The maximum Gasteiger partial charge on any atom is 0.227 e. The first-order chi connectivity index (χ1) is 10.6. The molecule has 0 atom stereocenters. The highest BCUT2D eigenvalue weighted by atomic mass is 32.1. The van der Waals surface area contributed by atoms with Crippen molar-refractivity contribution in [2.24, 2.45) is 0 Å². The standard InChI is InChI=1S/C16H24N4O2S/c1-15(2,3)10-9-23-14(17-10)18-11(21)7-8-12-19-13(20-22-12)16(4,5)6/h9H,7-8H2,1-6H3,(H,17,18,21). The lowest BCUT2D eigenvalue weighted by Gasteiger charge is -2.14. The highest BCUT2D eigenvalue weighted by Crippen LogP contribution is 2.26. The van der Waals surface area contributed by atoms with Crippen LogP contribution >= 0.6 is 11.3 Å². The molecule has 0 aromatic carbocycles. The topological polar surface area (TPSA) is 80.9 Å². The van der Waals surface area contributed by atoms with Crippen molar-refractivity contribution in [1.29, 1.82) is 0 Å². The quantitative estimate of drug-likeness (QED) is 0.921. The zero-order valence-electron chi connectivity index (χ0n) is 14.6. The third-order valence-electron chi connectivity index (χ3n) is 3.22. The van der Waals surface area contributed by atoms with E-state index < -0.39 is 0 Å². The highest BCUT2D eigenvalue weighted by Gasteiger charge is 2.21. The van der Waals surface area contributed by atoms with Gasteiger partial charge in [0, 0.05) is 29.1 Å². The molecule has 2 aromatic rings. The smallest absolute Gasteiger partial charge is 0.227 e.